The lowest BCUT2D eigenvalue weighted by Gasteiger charge is -2.20. The van der Waals surface area contributed by atoms with Crippen LogP contribution in [0.25, 0.3) is 6.08 Å². The van der Waals surface area contributed by atoms with E-state index in [-0.39, 0.29) is 24.6 Å². The number of anilines is 1. The molecule has 11 heteroatoms. The van der Waals surface area contributed by atoms with Crippen molar-refractivity contribution < 1.29 is 32.6 Å². The molecular weight excluding hydrogens is 450 g/mol. The molecule has 1 heterocycles. The van der Waals surface area contributed by atoms with E-state index in [1.54, 1.807) is 6.07 Å². The number of nitrogens with one attached hydrogen (secondary N) is 2. The molecule has 3 rings (SSSR count). The topological polar surface area (TPSA) is 142 Å². The van der Waals surface area contributed by atoms with E-state index >= 15 is 0 Å². The van der Waals surface area contributed by atoms with E-state index in [0.29, 0.717) is 5.56 Å². The van der Waals surface area contributed by atoms with Gasteiger partial charge in [-0.1, -0.05) is 36.4 Å². The highest BCUT2D eigenvalue weighted by Crippen LogP contribution is 2.33. The second-order valence-electron chi connectivity index (χ2n) is 7.79. The molecule has 1 aliphatic heterocycles. The lowest BCUT2D eigenvalue weighted by molar-refractivity contribution is -0.145. The van der Waals surface area contributed by atoms with Crippen LogP contribution in [-0.4, -0.2) is 43.4 Å². The fourth-order valence-electron chi connectivity index (χ4n) is 2.93. The molecule has 2 amide bonds. The molecule has 3 N–H and O–H groups in total. The van der Waals surface area contributed by atoms with Crippen molar-refractivity contribution >= 4 is 39.8 Å². The van der Waals surface area contributed by atoms with Gasteiger partial charge in [-0.25, -0.2) is 13.8 Å². The van der Waals surface area contributed by atoms with E-state index < -0.39 is 33.5 Å². The Bertz CT molecular complexity index is 1210. The third-order valence-electron chi connectivity index (χ3n) is 4.71. The first-order valence-corrected chi connectivity index (χ1v) is 11.3. The number of amides is 2. The minimum Gasteiger partial charge on any atom is -0.487 e. The number of aliphatic carboxylic acids is 1. The Hall–Kier alpha value is -3.86. The van der Waals surface area contributed by atoms with Crippen molar-refractivity contribution in [2.24, 2.45) is 0 Å². The molecule has 0 unspecified atom stereocenters. The maximum absolute atomic E-state index is 12.3. The van der Waals surface area contributed by atoms with E-state index in [0.717, 1.165) is 9.87 Å². The van der Waals surface area contributed by atoms with Crippen LogP contribution in [0.15, 0.2) is 54.6 Å². The molecule has 0 bridgehead atoms. The predicted octanol–water partition coefficient (Wildman–Crippen LogP) is 1.44. The summed E-state index contributed by atoms with van der Waals surface area (Å²) in [5.74, 6) is -2.27. The molecule has 1 fully saturated rings. The highest BCUT2D eigenvalue weighted by Gasteiger charge is 2.35. The molecule has 1 aliphatic rings. The number of rotatable bonds is 8. The smallest absolute Gasteiger partial charge is 0.328 e. The van der Waals surface area contributed by atoms with Crippen LogP contribution in [-0.2, 0) is 31.2 Å². The first-order valence-electron chi connectivity index (χ1n) is 9.86. The summed E-state index contributed by atoms with van der Waals surface area (Å²) in [5, 5.41) is 11.5. The molecule has 0 aliphatic carbocycles. The molecule has 0 spiro atoms. The second kappa shape index (κ2) is 9.33. The highest BCUT2D eigenvalue weighted by molar-refractivity contribution is 7.92. The van der Waals surface area contributed by atoms with Crippen molar-refractivity contribution in [3.8, 4) is 5.75 Å². The van der Waals surface area contributed by atoms with Crippen LogP contribution in [0.5, 0.6) is 5.75 Å². The van der Waals surface area contributed by atoms with Crippen LogP contribution in [0, 0.1) is 0 Å². The van der Waals surface area contributed by atoms with Crippen molar-refractivity contribution in [1.82, 2.24) is 10.0 Å². The van der Waals surface area contributed by atoms with Gasteiger partial charge >= 0.3 is 16.2 Å². The number of hydrogen-bond donors (Lipinski definition) is 3. The van der Waals surface area contributed by atoms with Gasteiger partial charge in [-0.05, 0) is 43.2 Å². The Morgan fingerprint density at radius 2 is 1.91 bits per heavy atom. The summed E-state index contributed by atoms with van der Waals surface area (Å²) in [5.41, 5.74) is 0.0656. The number of ether oxygens (including phenoxy) is 1. The summed E-state index contributed by atoms with van der Waals surface area (Å²) < 4.78 is 33.3. The Labute approximate surface area is 191 Å². The lowest BCUT2D eigenvalue weighted by atomic mass is 10.1. The van der Waals surface area contributed by atoms with Crippen LogP contribution < -0.4 is 19.1 Å². The number of carboxylic acid groups (broad SMARTS) is 1. The van der Waals surface area contributed by atoms with Crippen LogP contribution in [0.2, 0.25) is 0 Å². The average molecular weight is 474 g/mol. The van der Waals surface area contributed by atoms with Crippen LogP contribution in [0.3, 0.4) is 0 Å². The monoisotopic (exact) mass is 473 g/mol. The number of carbonyl (C=O) groups is 3. The standard InChI is InChI=1S/C22H23N3O7S/c1-22(2,21(28)29)23-19(26)11-9-15-8-10-17(25-13-20(27)24-33(25,30)31)18(12-15)32-14-16-6-4-3-5-7-16/h3-12H,13-14H2,1-2H3,(H,23,26)(H,24,27)(H,28,29). The lowest BCUT2D eigenvalue weighted by Crippen LogP contribution is -2.49. The first-order chi connectivity index (χ1) is 15.5. The average Bonchev–Trinajstić information content (AvgIpc) is 3.02. The largest absolute Gasteiger partial charge is 0.487 e. The van der Waals surface area contributed by atoms with E-state index in [1.807, 2.05) is 35.1 Å². The molecule has 2 aromatic carbocycles. The van der Waals surface area contributed by atoms with Gasteiger partial charge < -0.3 is 15.2 Å². The summed E-state index contributed by atoms with van der Waals surface area (Å²) >= 11 is 0. The first kappa shape index (κ1) is 23.8. The molecule has 0 saturated carbocycles. The van der Waals surface area contributed by atoms with Gasteiger partial charge in [-0.3, -0.25) is 9.59 Å². The number of carbonyl (C=O) groups excluding carboxylic acids is 2. The molecule has 0 radical (unpaired) electrons. The molecule has 0 atom stereocenters. The molecule has 10 nitrogen and oxygen atoms in total. The number of nitrogens with zero attached hydrogens (tertiary/aromatic N) is 1. The van der Waals surface area contributed by atoms with Gasteiger partial charge in [-0.2, -0.15) is 8.42 Å². The van der Waals surface area contributed by atoms with Gasteiger partial charge in [0.25, 0.3) is 5.91 Å². The zero-order chi connectivity index (χ0) is 24.2. The van der Waals surface area contributed by atoms with Crippen LogP contribution in [0.4, 0.5) is 5.69 Å². The van der Waals surface area contributed by atoms with Crippen molar-refractivity contribution in [2.45, 2.75) is 26.0 Å². The van der Waals surface area contributed by atoms with Gasteiger partial charge in [0.05, 0.1) is 5.69 Å². The highest BCUT2D eigenvalue weighted by atomic mass is 32.2. The number of benzene rings is 2. The Balaban J connectivity index is 1.88. The van der Waals surface area contributed by atoms with E-state index in [9.17, 15) is 22.8 Å². The summed E-state index contributed by atoms with van der Waals surface area (Å²) in [6.45, 7) is 2.48. The van der Waals surface area contributed by atoms with Gasteiger partial charge in [-0.15, -0.1) is 0 Å². The van der Waals surface area contributed by atoms with Gasteiger partial charge in [0.1, 0.15) is 24.4 Å². The van der Waals surface area contributed by atoms with Gasteiger partial charge in [0, 0.05) is 6.08 Å². The van der Waals surface area contributed by atoms with Crippen LogP contribution >= 0.6 is 0 Å². The van der Waals surface area contributed by atoms with Crippen molar-refractivity contribution in [3.05, 3.63) is 65.7 Å². The number of hydrogen-bond acceptors (Lipinski definition) is 6. The fourth-order valence-corrected chi connectivity index (χ4v) is 4.09. The quantitative estimate of drug-likeness (QED) is 0.493. The molecule has 1 saturated heterocycles. The minimum absolute atomic E-state index is 0.142. The molecular formula is C22H23N3O7S. The third-order valence-corrected chi connectivity index (χ3v) is 6.10. The zero-order valence-electron chi connectivity index (χ0n) is 17.9. The zero-order valence-corrected chi connectivity index (χ0v) is 18.8. The Morgan fingerprint density at radius 1 is 1.21 bits per heavy atom. The normalized spacial score (nSPS) is 15.3. The summed E-state index contributed by atoms with van der Waals surface area (Å²) in [6.07, 6.45) is 2.60. The molecule has 174 valence electrons. The molecule has 33 heavy (non-hydrogen) atoms. The maximum atomic E-state index is 12.3. The Kier molecular flexibility index (Phi) is 6.73. The second-order valence-corrected chi connectivity index (χ2v) is 9.39. The maximum Gasteiger partial charge on any atom is 0.328 e. The summed E-state index contributed by atoms with van der Waals surface area (Å²) in [4.78, 5) is 34.9. The van der Waals surface area contributed by atoms with E-state index in [2.05, 4.69) is 5.32 Å². The molecule has 2 aromatic rings. The Morgan fingerprint density at radius 3 is 2.52 bits per heavy atom. The van der Waals surface area contributed by atoms with E-state index in [1.165, 1.54) is 38.1 Å². The van der Waals surface area contributed by atoms with Crippen molar-refractivity contribution in [1.29, 1.82) is 0 Å². The van der Waals surface area contributed by atoms with Gasteiger partial charge in [0.15, 0.2) is 0 Å². The van der Waals surface area contributed by atoms with Gasteiger partial charge in [0.2, 0.25) is 5.91 Å². The van der Waals surface area contributed by atoms with E-state index in [4.69, 9.17) is 9.84 Å². The SMILES string of the molecule is CC(C)(NC(=O)C=Cc1ccc(N2CC(=O)NS2(=O)=O)c(OCc2ccccc2)c1)C(=O)O. The van der Waals surface area contributed by atoms with Crippen molar-refractivity contribution in [2.75, 3.05) is 10.8 Å². The van der Waals surface area contributed by atoms with Crippen molar-refractivity contribution in [3.63, 3.8) is 0 Å². The fraction of sp³-hybridized carbons (Fsp3) is 0.227. The summed E-state index contributed by atoms with van der Waals surface area (Å²) in [7, 11) is -4.05. The minimum atomic E-state index is -4.05. The number of carboxylic acids is 1. The van der Waals surface area contributed by atoms with Crippen LogP contribution in [0.1, 0.15) is 25.0 Å². The predicted molar refractivity (Wildman–Crippen MR) is 121 cm³/mol. The third kappa shape index (κ3) is 5.89. The summed E-state index contributed by atoms with van der Waals surface area (Å²) in [6, 6.07) is 13.8. The molecule has 0 aromatic heterocycles.